The van der Waals surface area contributed by atoms with Gasteiger partial charge in [0.2, 0.25) is 0 Å². The monoisotopic (exact) mass is 334 g/mol. The van der Waals surface area contributed by atoms with E-state index in [0.29, 0.717) is 6.54 Å². The molecule has 1 aromatic heterocycles. The minimum Gasteiger partial charge on any atom is -0.387 e. The number of likely N-dealkylation sites (N-methyl/N-ethyl adjacent to an activating group) is 1. The van der Waals surface area contributed by atoms with Crippen LogP contribution in [0.4, 0.5) is 0 Å². The van der Waals surface area contributed by atoms with E-state index in [4.69, 9.17) is 0 Å². The standard InChI is InChI=1S/C16H19BrN2O/c1-2-19(11-13-7-5-6-10-18-13)12-16(20)14-8-3-4-9-15(14)17/h3-10,16,20H,2,11-12H2,1H3/t16-/m0/s1. The fourth-order valence-electron chi connectivity index (χ4n) is 2.11. The number of hydrogen-bond acceptors (Lipinski definition) is 3. The molecule has 0 spiro atoms. The molecule has 2 rings (SSSR count). The zero-order valence-corrected chi connectivity index (χ0v) is 13.1. The molecule has 1 heterocycles. The molecule has 1 aromatic carbocycles. The van der Waals surface area contributed by atoms with Gasteiger partial charge >= 0.3 is 0 Å². The molecule has 106 valence electrons. The number of nitrogens with zero attached hydrogens (tertiary/aromatic N) is 2. The zero-order valence-electron chi connectivity index (χ0n) is 11.5. The van der Waals surface area contributed by atoms with Gasteiger partial charge in [-0.25, -0.2) is 0 Å². The first-order chi connectivity index (χ1) is 9.70. The van der Waals surface area contributed by atoms with Crippen molar-refractivity contribution in [1.82, 2.24) is 9.88 Å². The summed E-state index contributed by atoms with van der Waals surface area (Å²) in [6, 6.07) is 13.7. The lowest BCUT2D eigenvalue weighted by Gasteiger charge is -2.24. The normalized spacial score (nSPS) is 12.6. The Morgan fingerprint density at radius 2 is 1.95 bits per heavy atom. The average Bonchev–Trinajstić information content (AvgIpc) is 2.48. The van der Waals surface area contributed by atoms with Crippen LogP contribution in [0.25, 0.3) is 0 Å². The number of aliphatic hydroxyl groups excluding tert-OH is 1. The molecule has 1 atom stereocenters. The van der Waals surface area contributed by atoms with Crippen molar-refractivity contribution in [2.24, 2.45) is 0 Å². The minimum absolute atomic E-state index is 0.505. The van der Waals surface area contributed by atoms with E-state index in [1.807, 2.05) is 42.5 Å². The Morgan fingerprint density at radius 1 is 1.20 bits per heavy atom. The lowest BCUT2D eigenvalue weighted by molar-refractivity contribution is 0.111. The van der Waals surface area contributed by atoms with Gasteiger partial charge in [0.05, 0.1) is 11.8 Å². The molecule has 0 aliphatic carbocycles. The number of rotatable bonds is 6. The second-order valence-corrected chi connectivity index (χ2v) is 5.54. The van der Waals surface area contributed by atoms with Crippen molar-refractivity contribution in [2.75, 3.05) is 13.1 Å². The van der Waals surface area contributed by atoms with Crippen LogP contribution < -0.4 is 0 Å². The van der Waals surface area contributed by atoms with E-state index < -0.39 is 6.10 Å². The van der Waals surface area contributed by atoms with Crippen molar-refractivity contribution in [3.05, 3.63) is 64.4 Å². The predicted octanol–water partition coefficient (Wildman–Crippen LogP) is 3.40. The largest absolute Gasteiger partial charge is 0.387 e. The van der Waals surface area contributed by atoms with E-state index in [2.05, 4.69) is 32.7 Å². The van der Waals surface area contributed by atoms with Crippen LogP contribution in [0.1, 0.15) is 24.3 Å². The highest BCUT2D eigenvalue weighted by Gasteiger charge is 2.15. The molecule has 0 aliphatic rings. The maximum atomic E-state index is 10.4. The number of halogens is 1. The molecule has 0 saturated heterocycles. The van der Waals surface area contributed by atoms with Crippen molar-refractivity contribution in [1.29, 1.82) is 0 Å². The van der Waals surface area contributed by atoms with Gasteiger partial charge in [-0.3, -0.25) is 9.88 Å². The van der Waals surface area contributed by atoms with Crippen LogP contribution in [-0.2, 0) is 6.54 Å². The molecule has 0 saturated carbocycles. The molecule has 0 aliphatic heterocycles. The predicted molar refractivity (Wildman–Crippen MR) is 84.3 cm³/mol. The van der Waals surface area contributed by atoms with Gasteiger partial charge in [0.15, 0.2) is 0 Å². The Hall–Kier alpha value is -1.23. The Morgan fingerprint density at radius 3 is 2.60 bits per heavy atom. The summed E-state index contributed by atoms with van der Waals surface area (Å²) in [5, 5.41) is 10.4. The van der Waals surface area contributed by atoms with Gasteiger partial charge in [0.25, 0.3) is 0 Å². The van der Waals surface area contributed by atoms with Gasteiger partial charge in [-0.15, -0.1) is 0 Å². The van der Waals surface area contributed by atoms with Crippen molar-refractivity contribution in [3.8, 4) is 0 Å². The summed E-state index contributed by atoms with van der Waals surface area (Å²) in [4.78, 5) is 6.52. The van der Waals surface area contributed by atoms with Crippen LogP contribution >= 0.6 is 15.9 Å². The Kier molecular flexibility index (Phi) is 5.71. The van der Waals surface area contributed by atoms with Crippen molar-refractivity contribution in [2.45, 2.75) is 19.6 Å². The van der Waals surface area contributed by atoms with Crippen LogP contribution in [0.15, 0.2) is 53.1 Å². The number of benzene rings is 1. The van der Waals surface area contributed by atoms with Gasteiger partial charge < -0.3 is 5.11 Å². The third-order valence-corrected chi connectivity index (χ3v) is 3.98. The minimum atomic E-state index is -0.505. The van der Waals surface area contributed by atoms with E-state index in [-0.39, 0.29) is 0 Å². The first-order valence-corrected chi connectivity index (χ1v) is 7.54. The molecule has 20 heavy (non-hydrogen) atoms. The first kappa shape index (κ1) is 15.2. The molecular weight excluding hydrogens is 316 g/mol. The van der Waals surface area contributed by atoms with Crippen LogP contribution in [-0.4, -0.2) is 28.1 Å². The van der Waals surface area contributed by atoms with Crippen LogP contribution in [0.3, 0.4) is 0 Å². The summed E-state index contributed by atoms with van der Waals surface area (Å²) in [7, 11) is 0. The zero-order chi connectivity index (χ0) is 14.4. The first-order valence-electron chi connectivity index (χ1n) is 6.75. The lowest BCUT2D eigenvalue weighted by Crippen LogP contribution is -2.28. The number of pyridine rings is 1. The van der Waals surface area contributed by atoms with Crippen LogP contribution in [0.5, 0.6) is 0 Å². The maximum Gasteiger partial charge on any atom is 0.0927 e. The number of aromatic nitrogens is 1. The summed E-state index contributed by atoms with van der Waals surface area (Å²) in [6.45, 7) is 4.31. The summed E-state index contributed by atoms with van der Waals surface area (Å²) < 4.78 is 0.946. The van der Waals surface area contributed by atoms with Crippen molar-refractivity contribution in [3.63, 3.8) is 0 Å². The second kappa shape index (κ2) is 7.53. The smallest absolute Gasteiger partial charge is 0.0927 e. The topological polar surface area (TPSA) is 36.4 Å². The van der Waals surface area contributed by atoms with Gasteiger partial charge in [0.1, 0.15) is 0 Å². The maximum absolute atomic E-state index is 10.4. The molecule has 0 amide bonds. The van der Waals surface area contributed by atoms with E-state index in [0.717, 1.165) is 28.8 Å². The van der Waals surface area contributed by atoms with Gasteiger partial charge in [-0.05, 0) is 30.3 Å². The molecule has 2 aromatic rings. The SMILES string of the molecule is CCN(Cc1ccccn1)C[C@H](O)c1ccccc1Br. The Bertz CT molecular complexity index is 533. The second-order valence-electron chi connectivity index (χ2n) is 4.69. The highest BCUT2D eigenvalue weighted by atomic mass is 79.9. The highest BCUT2D eigenvalue weighted by Crippen LogP contribution is 2.24. The van der Waals surface area contributed by atoms with Crippen LogP contribution in [0, 0.1) is 0 Å². The van der Waals surface area contributed by atoms with E-state index in [1.54, 1.807) is 6.20 Å². The van der Waals surface area contributed by atoms with Gasteiger partial charge in [0, 0.05) is 23.8 Å². The quantitative estimate of drug-likeness (QED) is 0.879. The van der Waals surface area contributed by atoms with Gasteiger partial charge in [-0.2, -0.15) is 0 Å². The summed E-state index contributed by atoms with van der Waals surface area (Å²) >= 11 is 3.48. The van der Waals surface area contributed by atoms with Gasteiger partial charge in [-0.1, -0.05) is 47.1 Å². The lowest BCUT2D eigenvalue weighted by atomic mass is 10.1. The number of aliphatic hydroxyl groups is 1. The molecule has 4 heteroatoms. The third-order valence-electron chi connectivity index (χ3n) is 3.25. The summed E-state index contributed by atoms with van der Waals surface area (Å²) in [5.41, 5.74) is 1.95. The molecule has 0 radical (unpaired) electrons. The van der Waals surface area contributed by atoms with E-state index in [9.17, 15) is 5.11 Å². The molecule has 0 unspecified atom stereocenters. The van der Waals surface area contributed by atoms with E-state index in [1.165, 1.54) is 0 Å². The fourth-order valence-corrected chi connectivity index (χ4v) is 2.66. The average molecular weight is 335 g/mol. The molecule has 3 nitrogen and oxygen atoms in total. The van der Waals surface area contributed by atoms with Crippen molar-refractivity contribution < 1.29 is 5.11 Å². The highest BCUT2D eigenvalue weighted by molar-refractivity contribution is 9.10. The number of hydrogen-bond donors (Lipinski definition) is 1. The molecule has 1 N–H and O–H groups in total. The fraction of sp³-hybridized carbons (Fsp3) is 0.312. The Labute approximate surface area is 128 Å². The van der Waals surface area contributed by atoms with E-state index >= 15 is 0 Å². The molecule has 0 fully saturated rings. The third kappa shape index (κ3) is 4.13. The summed E-state index contributed by atoms with van der Waals surface area (Å²) in [5.74, 6) is 0. The molecular formula is C16H19BrN2O. The molecule has 0 bridgehead atoms. The van der Waals surface area contributed by atoms with Crippen molar-refractivity contribution >= 4 is 15.9 Å². The Balaban J connectivity index is 2.01. The summed E-state index contributed by atoms with van der Waals surface area (Å²) in [6.07, 6.45) is 1.29. The van der Waals surface area contributed by atoms with Crippen LogP contribution in [0.2, 0.25) is 0 Å².